The molecule has 110 valence electrons. The Morgan fingerprint density at radius 1 is 1.52 bits per heavy atom. The number of pyridine rings is 1. The molecule has 21 heavy (non-hydrogen) atoms. The number of aliphatic hydroxyl groups is 1. The number of furan rings is 1. The van der Waals surface area contributed by atoms with Gasteiger partial charge < -0.3 is 19.7 Å². The predicted molar refractivity (Wildman–Crippen MR) is 77.0 cm³/mol. The van der Waals surface area contributed by atoms with Crippen molar-refractivity contribution in [1.82, 2.24) is 10.3 Å². The van der Waals surface area contributed by atoms with Gasteiger partial charge in [-0.2, -0.15) is 0 Å². The van der Waals surface area contributed by atoms with Crippen LogP contribution in [0.15, 0.2) is 41.1 Å². The van der Waals surface area contributed by atoms with Crippen molar-refractivity contribution < 1.29 is 14.3 Å². The van der Waals surface area contributed by atoms with E-state index in [1.807, 2.05) is 6.07 Å². The van der Waals surface area contributed by atoms with Crippen molar-refractivity contribution in [3.8, 4) is 0 Å². The summed E-state index contributed by atoms with van der Waals surface area (Å²) in [6.45, 7) is 1.72. The summed E-state index contributed by atoms with van der Waals surface area (Å²) >= 11 is 0. The van der Waals surface area contributed by atoms with E-state index in [0.717, 1.165) is 18.7 Å². The standard InChI is InChI=1S/C15H17N3O3/c19-12-4-6-18(10-12)11-3-5-16-14(8-11)15(20)17-9-13-2-1-7-21-13/h1-3,5,7-8,12,19H,4,6,9-10H2,(H,17,20)/t12-/m1/s1. The maximum atomic E-state index is 12.1. The number of aromatic nitrogens is 1. The van der Waals surface area contributed by atoms with Crippen molar-refractivity contribution in [3.63, 3.8) is 0 Å². The quantitative estimate of drug-likeness (QED) is 0.882. The molecule has 1 saturated heterocycles. The lowest BCUT2D eigenvalue weighted by atomic mass is 10.2. The first-order chi connectivity index (χ1) is 10.2. The van der Waals surface area contributed by atoms with Crippen molar-refractivity contribution in [2.24, 2.45) is 0 Å². The van der Waals surface area contributed by atoms with Crippen LogP contribution in [0.5, 0.6) is 0 Å². The smallest absolute Gasteiger partial charge is 0.270 e. The molecule has 0 aromatic carbocycles. The number of aliphatic hydroxyl groups excluding tert-OH is 1. The van der Waals surface area contributed by atoms with Gasteiger partial charge in [-0.3, -0.25) is 9.78 Å². The highest BCUT2D eigenvalue weighted by Gasteiger charge is 2.21. The number of hydrogen-bond acceptors (Lipinski definition) is 5. The third-order valence-corrected chi connectivity index (χ3v) is 3.51. The first-order valence-corrected chi connectivity index (χ1v) is 6.92. The molecule has 2 aromatic heterocycles. The molecule has 1 aliphatic heterocycles. The van der Waals surface area contributed by atoms with Gasteiger partial charge in [0.25, 0.3) is 5.91 Å². The molecular formula is C15H17N3O3. The number of amides is 1. The molecule has 0 spiro atoms. The highest BCUT2D eigenvalue weighted by molar-refractivity contribution is 5.93. The van der Waals surface area contributed by atoms with Crippen molar-refractivity contribution >= 4 is 11.6 Å². The van der Waals surface area contributed by atoms with Gasteiger partial charge in [0.15, 0.2) is 0 Å². The zero-order chi connectivity index (χ0) is 14.7. The van der Waals surface area contributed by atoms with Gasteiger partial charge in [0, 0.05) is 25.0 Å². The Morgan fingerprint density at radius 3 is 3.14 bits per heavy atom. The molecule has 1 fully saturated rings. The minimum absolute atomic E-state index is 0.243. The maximum absolute atomic E-state index is 12.1. The summed E-state index contributed by atoms with van der Waals surface area (Å²) in [5.41, 5.74) is 1.27. The Bertz CT molecular complexity index is 612. The second-order valence-corrected chi connectivity index (χ2v) is 5.05. The average Bonchev–Trinajstić information content (AvgIpc) is 3.16. The van der Waals surface area contributed by atoms with Gasteiger partial charge >= 0.3 is 0 Å². The number of hydrogen-bond donors (Lipinski definition) is 2. The topological polar surface area (TPSA) is 78.6 Å². The molecule has 1 amide bonds. The largest absolute Gasteiger partial charge is 0.467 e. The predicted octanol–water partition coefficient (Wildman–Crippen LogP) is 1.18. The Morgan fingerprint density at radius 2 is 2.43 bits per heavy atom. The minimum Gasteiger partial charge on any atom is -0.467 e. The zero-order valence-corrected chi connectivity index (χ0v) is 11.5. The molecule has 3 rings (SSSR count). The van der Waals surface area contributed by atoms with E-state index in [4.69, 9.17) is 4.42 Å². The molecule has 2 aromatic rings. The molecule has 0 aliphatic carbocycles. The maximum Gasteiger partial charge on any atom is 0.270 e. The summed E-state index contributed by atoms with van der Waals surface area (Å²) in [5, 5.41) is 12.3. The van der Waals surface area contributed by atoms with Crippen LogP contribution in [0.1, 0.15) is 22.7 Å². The van der Waals surface area contributed by atoms with Crippen molar-refractivity contribution in [1.29, 1.82) is 0 Å². The van der Waals surface area contributed by atoms with Crippen LogP contribution in [-0.2, 0) is 6.54 Å². The van der Waals surface area contributed by atoms with Gasteiger partial charge in [0.2, 0.25) is 0 Å². The van der Waals surface area contributed by atoms with Crippen LogP contribution < -0.4 is 10.2 Å². The van der Waals surface area contributed by atoms with Crippen LogP contribution in [0.3, 0.4) is 0 Å². The summed E-state index contributed by atoms with van der Waals surface area (Å²) in [7, 11) is 0. The van der Waals surface area contributed by atoms with Gasteiger partial charge in [-0.05, 0) is 30.7 Å². The molecule has 0 radical (unpaired) electrons. The lowest BCUT2D eigenvalue weighted by Gasteiger charge is -2.18. The zero-order valence-electron chi connectivity index (χ0n) is 11.5. The van der Waals surface area contributed by atoms with E-state index in [9.17, 15) is 9.90 Å². The Kier molecular flexibility index (Phi) is 3.87. The van der Waals surface area contributed by atoms with Crippen LogP contribution in [0, 0.1) is 0 Å². The van der Waals surface area contributed by atoms with E-state index < -0.39 is 0 Å². The molecule has 6 nitrogen and oxygen atoms in total. The number of anilines is 1. The SMILES string of the molecule is O=C(NCc1ccco1)c1cc(N2CC[C@@H](O)C2)ccn1. The van der Waals surface area contributed by atoms with Crippen molar-refractivity contribution in [2.45, 2.75) is 19.1 Å². The van der Waals surface area contributed by atoms with Gasteiger partial charge in [0.1, 0.15) is 11.5 Å². The van der Waals surface area contributed by atoms with Crippen LogP contribution in [0.4, 0.5) is 5.69 Å². The summed E-state index contributed by atoms with van der Waals surface area (Å²) in [6, 6.07) is 7.17. The van der Waals surface area contributed by atoms with E-state index >= 15 is 0 Å². The second kappa shape index (κ2) is 5.97. The molecule has 6 heteroatoms. The van der Waals surface area contributed by atoms with Gasteiger partial charge in [-0.25, -0.2) is 0 Å². The number of β-amino-alcohol motifs (C(OH)–C–C–N with tert-alkyl or cyclic N) is 1. The van der Waals surface area contributed by atoms with Gasteiger partial charge in [-0.1, -0.05) is 0 Å². The molecule has 1 atom stereocenters. The van der Waals surface area contributed by atoms with E-state index in [0.29, 0.717) is 24.5 Å². The molecule has 0 unspecified atom stereocenters. The van der Waals surface area contributed by atoms with Gasteiger partial charge in [0.05, 0.1) is 18.9 Å². The normalized spacial score (nSPS) is 18.0. The summed E-state index contributed by atoms with van der Waals surface area (Å²) in [6.07, 6.45) is 3.64. The van der Waals surface area contributed by atoms with Crippen molar-refractivity contribution in [3.05, 3.63) is 48.2 Å². The van der Waals surface area contributed by atoms with Crippen molar-refractivity contribution in [2.75, 3.05) is 18.0 Å². The third kappa shape index (κ3) is 3.22. The Balaban J connectivity index is 1.66. The summed E-state index contributed by atoms with van der Waals surface area (Å²) in [4.78, 5) is 18.2. The van der Waals surface area contributed by atoms with E-state index in [1.54, 1.807) is 30.7 Å². The second-order valence-electron chi connectivity index (χ2n) is 5.05. The fraction of sp³-hybridized carbons (Fsp3) is 0.333. The number of nitrogens with zero attached hydrogens (tertiary/aromatic N) is 2. The number of rotatable bonds is 4. The highest BCUT2D eigenvalue weighted by Crippen LogP contribution is 2.20. The summed E-state index contributed by atoms with van der Waals surface area (Å²) < 4.78 is 5.17. The third-order valence-electron chi connectivity index (χ3n) is 3.51. The monoisotopic (exact) mass is 287 g/mol. The van der Waals surface area contributed by atoms with E-state index in [2.05, 4.69) is 15.2 Å². The number of nitrogens with one attached hydrogen (secondary N) is 1. The first-order valence-electron chi connectivity index (χ1n) is 6.92. The Hall–Kier alpha value is -2.34. The number of carbonyl (C=O) groups excluding carboxylic acids is 1. The Labute approximate surface area is 122 Å². The van der Waals surface area contributed by atoms with Crippen LogP contribution in [-0.4, -0.2) is 35.2 Å². The van der Waals surface area contributed by atoms with E-state index in [1.165, 1.54) is 0 Å². The highest BCUT2D eigenvalue weighted by atomic mass is 16.3. The summed E-state index contributed by atoms with van der Waals surface area (Å²) in [5.74, 6) is 0.454. The molecular weight excluding hydrogens is 270 g/mol. The van der Waals surface area contributed by atoms with Crippen LogP contribution in [0.2, 0.25) is 0 Å². The molecule has 3 heterocycles. The molecule has 0 saturated carbocycles. The van der Waals surface area contributed by atoms with E-state index in [-0.39, 0.29) is 12.0 Å². The van der Waals surface area contributed by atoms with Crippen LogP contribution in [0.25, 0.3) is 0 Å². The molecule has 2 N–H and O–H groups in total. The fourth-order valence-corrected chi connectivity index (χ4v) is 2.39. The molecule has 1 aliphatic rings. The lowest BCUT2D eigenvalue weighted by Crippen LogP contribution is -2.25. The fourth-order valence-electron chi connectivity index (χ4n) is 2.39. The lowest BCUT2D eigenvalue weighted by molar-refractivity contribution is 0.0943. The minimum atomic E-state index is -0.297. The van der Waals surface area contributed by atoms with Crippen LogP contribution >= 0.6 is 0 Å². The average molecular weight is 287 g/mol. The van der Waals surface area contributed by atoms with Gasteiger partial charge in [-0.15, -0.1) is 0 Å². The molecule has 0 bridgehead atoms. The first kappa shape index (κ1) is 13.6. The number of carbonyl (C=O) groups is 1.